The Balaban J connectivity index is 2.42. The highest BCUT2D eigenvalue weighted by atomic mass is 31.1. The van der Waals surface area contributed by atoms with Crippen LogP contribution >= 0.6 is 8.69 Å². The number of hydrogen-bond donors (Lipinski definition) is 3. The van der Waals surface area contributed by atoms with Gasteiger partial charge in [0.25, 0.3) is 0 Å². The molecule has 0 aliphatic heterocycles. The number of ether oxygens (including phenoxy) is 1. The van der Waals surface area contributed by atoms with Crippen LogP contribution in [0.5, 0.6) is 11.5 Å². The molecule has 0 fully saturated rings. The van der Waals surface area contributed by atoms with Crippen molar-refractivity contribution in [1.29, 1.82) is 0 Å². The average molecular weight is 392 g/mol. The lowest BCUT2D eigenvalue weighted by Gasteiger charge is -2.08. The summed E-state index contributed by atoms with van der Waals surface area (Å²) in [5.74, 6) is -5.93. The number of carbonyl (C=O) groups is 4. The molecule has 138 valence electrons. The maximum Gasteiger partial charge on any atom is 0.395 e. The number of esters is 1. The zero-order valence-electron chi connectivity index (χ0n) is 13.1. The van der Waals surface area contributed by atoms with Crippen LogP contribution in [0.15, 0.2) is 36.4 Å². The van der Waals surface area contributed by atoms with E-state index in [1.165, 1.54) is 0 Å². The number of rotatable bonds is 7. The predicted molar refractivity (Wildman–Crippen MR) is 87.0 cm³/mol. The van der Waals surface area contributed by atoms with Crippen molar-refractivity contribution in [3.05, 3.63) is 58.7 Å². The monoisotopic (exact) mass is 392 g/mol. The molecule has 2 rings (SSSR count). The molecular weight excluding hydrogens is 383 g/mol. The molecule has 10 nitrogen and oxygen atoms in total. The van der Waals surface area contributed by atoms with Gasteiger partial charge in [0.1, 0.15) is 11.5 Å². The molecular formula is C16H9O10P. The number of carboxylic acids is 3. The highest BCUT2D eigenvalue weighted by Gasteiger charge is 2.18. The summed E-state index contributed by atoms with van der Waals surface area (Å²) in [7, 11) is -0.781. The Bertz CT molecular complexity index is 933. The van der Waals surface area contributed by atoms with Gasteiger partial charge < -0.3 is 24.6 Å². The van der Waals surface area contributed by atoms with Gasteiger partial charge in [-0.25, -0.2) is 23.7 Å². The molecule has 3 N–H and O–H groups in total. The van der Waals surface area contributed by atoms with E-state index in [2.05, 4.69) is 4.52 Å². The summed E-state index contributed by atoms with van der Waals surface area (Å²) in [5.41, 5.74) is -1.50. The topological polar surface area (TPSA) is 165 Å². The maximum absolute atomic E-state index is 12.3. The predicted octanol–water partition coefficient (Wildman–Crippen LogP) is 2.59. The summed E-state index contributed by atoms with van der Waals surface area (Å²) in [6, 6.07) is 5.78. The van der Waals surface area contributed by atoms with E-state index < -0.39 is 43.7 Å². The number of carboxylic acid groups (broad SMARTS) is 3. The summed E-state index contributed by atoms with van der Waals surface area (Å²) in [6.07, 6.45) is 0. The van der Waals surface area contributed by atoms with Gasteiger partial charge >= 0.3 is 32.6 Å². The van der Waals surface area contributed by atoms with E-state index in [1.54, 1.807) is 0 Å². The fraction of sp³-hybridized carbons (Fsp3) is 0. The first-order valence-corrected chi connectivity index (χ1v) is 7.66. The van der Waals surface area contributed by atoms with Gasteiger partial charge in [0.2, 0.25) is 0 Å². The van der Waals surface area contributed by atoms with Gasteiger partial charge in [0, 0.05) is 0 Å². The van der Waals surface area contributed by atoms with E-state index in [9.17, 15) is 23.7 Å². The minimum absolute atomic E-state index is 0.191. The first-order valence-electron chi connectivity index (χ1n) is 6.93. The maximum atomic E-state index is 12.3. The third-order valence-electron chi connectivity index (χ3n) is 3.14. The van der Waals surface area contributed by atoms with Gasteiger partial charge in [-0.3, -0.25) is 0 Å². The molecule has 0 heterocycles. The van der Waals surface area contributed by atoms with Crippen molar-refractivity contribution in [3.63, 3.8) is 0 Å². The Hall–Kier alpha value is -3.78. The molecule has 11 heteroatoms. The largest absolute Gasteiger partial charge is 0.478 e. The third kappa shape index (κ3) is 4.86. The number of benzene rings is 2. The summed E-state index contributed by atoms with van der Waals surface area (Å²) in [5, 5.41) is 27.1. The van der Waals surface area contributed by atoms with Crippen LogP contribution in [0.25, 0.3) is 0 Å². The van der Waals surface area contributed by atoms with Crippen LogP contribution in [0.2, 0.25) is 0 Å². The van der Waals surface area contributed by atoms with E-state index in [4.69, 9.17) is 20.1 Å². The second-order valence-corrected chi connectivity index (χ2v) is 5.29. The number of carbonyl (C=O) groups excluding carboxylic acids is 1. The van der Waals surface area contributed by atoms with Gasteiger partial charge in [0.05, 0.1) is 22.3 Å². The van der Waals surface area contributed by atoms with Gasteiger partial charge in [-0.05, 0) is 36.4 Å². The second-order valence-electron chi connectivity index (χ2n) is 4.96. The Morgan fingerprint density at radius 1 is 0.667 bits per heavy atom. The molecule has 0 atom stereocenters. The van der Waals surface area contributed by atoms with E-state index in [1.807, 2.05) is 0 Å². The molecule has 0 radical (unpaired) electrons. The van der Waals surface area contributed by atoms with E-state index in [0.717, 1.165) is 36.4 Å². The molecule has 0 saturated heterocycles. The first-order chi connectivity index (χ1) is 12.7. The van der Waals surface area contributed by atoms with E-state index >= 15 is 0 Å². The van der Waals surface area contributed by atoms with Crippen molar-refractivity contribution >= 4 is 32.6 Å². The molecule has 0 saturated carbocycles. The zero-order valence-corrected chi connectivity index (χ0v) is 14.0. The van der Waals surface area contributed by atoms with Crippen molar-refractivity contribution in [2.45, 2.75) is 0 Å². The van der Waals surface area contributed by atoms with Gasteiger partial charge in [0.15, 0.2) is 0 Å². The molecule has 0 unspecified atom stereocenters. The first kappa shape index (κ1) is 19.5. The van der Waals surface area contributed by atoms with Crippen LogP contribution in [0.1, 0.15) is 41.4 Å². The highest BCUT2D eigenvalue weighted by Crippen LogP contribution is 2.23. The van der Waals surface area contributed by atoms with Crippen LogP contribution in [-0.4, -0.2) is 39.2 Å². The SMILES string of the molecule is O=POc1cc(C(=O)O)cc(C(=O)Oc2cc(C(=O)O)cc(C(=O)O)c2)c1. The molecule has 0 aromatic heterocycles. The van der Waals surface area contributed by atoms with Crippen molar-refractivity contribution in [1.82, 2.24) is 0 Å². The van der Waals surface area contributed by atoms with Crippen LogP contribution in [-0.2, 0) is 4.57 Å². The third-order valence-corrected chi connectivity index (χ3v) is 3.43. The summed E-state index contributed by atoms with van der Waals surface area (Å²) < 4.78 is 20.1. The normalized spacial score (nSPS) is 10.2. The lowest BCUT2D eigenvalue weighted by molar-refractivity contribution is 0.0673. The minimum atomic E-state index is -1.44. The standard InChI is InChI=1S/C16H9O10P/c17-13(18)7-1-8(14(19)20)4-11(3-7)25-16(23)10-2-9(15(21)22)5-12(6-10)26-27-24/h1-6H,(H,17,18)(H,19,20)(H,21,22). The molecule has 0 spiro atoms. The molecule has 0 aliphatic carbocycles. The van der Waals surface area contributed by atoms with Crippen LogP contribution in [0.3, 0.4) is 0 Å². The quantitative estimate of drug-likeness (QED) is 0.362. The van der Waals surface area contributed by atoms with Crippen molar-refractivity contribution in [2.24, 2.45) is 0 Å². The average Bonchev–Trinajstić information content (AvgIpc) is 2.61. The fourth-order valence-corrected chi connectivity index (χ4v) is 2.20. The van der Waals surface area contributed by atoms with Gasteiger partial charge in [-0.2, -0.15) is 0 Å². The minimum Gasteiger partial charge on any atom is -0.478 e. The lowest BCUT2D eigenvalue weighted by Crippen LogP contribution is -2.12. The Labute approximate surface area is 151 Å². The van der Waals surface area contributed by atoms with Crippen molar-refractivity contribution < 1.29 is 48.3 Å². The molecule has 0 aliphatic rings. The molecule has 2 aromatic carbocycles. The number of aromatic carboxylic acids is 3. The Morgan fingerprint density at radius 2 is 1.07 bits per heavy atom. The van der Waals surface area contributed by atoms with E-state index in [0.29, 0.717) is 0 Å². The highest BCUT2D eigenvalue weighted by molar-refractivity contribution is 7.17. The Kier molecular flexibility index (Phi) is 5.84. The molecule has 0 bridgehead atoms. The van der Waals surface area contributed by atoms with Crippen LogP contribution in [0, 0.1) is 0 Å². The van der Waals surface area contributed by atoms with Gasteiger partial charge in [-0.1, -0.05) is 0 Å². The zero-order chi connectivity index (χ0) is 20.1. The molecule has 0 amide bonds. The van der Waals surface area contributed by atoms with Gasteiger partial charge in [-0.15, -0.1) is 0 Å². The molecule has 2 aromatic rings. The summed E-state index contributed by atoms with van der Waals surface area (Å²) in [6.45, 7) is 0. The lowest BCUT2D eigenvalue weighted by atomic mass is 10.1. The van der Waals surface area contributed by atoms with Crippen molar-refractivity contribution in [3.8, 4) is 11.5 Å². The van der Waals surface area contributed by atoms with Crippen LogP contribution in [0.4, 0.5) is 0 Å². The van der Waals surface area contributed by atoms with Crippen molar-refractivity contribution in [2.75, 3.05) is 0 Å². The second kappa shape index (κ2) is 8.07. The summed E-state index contributed by atoms with van der Waals surface area (Å²) in [4.78, 5) is 45.5. The smallest absolute Gasteiger partial charge is 0.395 e. The van der Waals surface area contributed by atoms with Crippen LogP contribution < -0.4 is 9.26 Å². The number of hydrogen-bond acceptors (Lipinski definition) is 7. The summed E-state index contributed by atoms with van der Waals surface area (Å²) >= 11 is 0. The molecule has 27 heavy (non-hydrogen) atoms. The fourth-order valence-electron chi connectivity index (χ4n) is 2.01. The van der Waals surface area contributed by atoms with E-state index in [-0.39, 0.29) is 22.6 Å². The Morgan fingerprint density at radius 3 is 1.52 bits per heavy atom.